The van der Waals surface area contributed by atoms with Gasteiger partial charge in [0.1, 0.15) is 5.60 Å². The molecule has 29 heavy (non-hydrogen) atoms. The summed E-state index contributed by atoms with van der Waals surface area (Å²) < 4.78 is 5.46. The molecule has 2 heterocycles. The number of aliphatic hydroxyl groups excluding tert-OH is 1. The summed E-state index contributed by atoms with van der Waals surface area (Å²) in [5, 5.41) is 16.6. The van der Waals surface area contributed by atoms with Crippen LogP contribution >= 0.6 is 0 Å². The zero-order valence-corrected chi connectivity index (χ0v) is 17.1. The Labute approximate surface area is 170 Å². The number of nitrogens with one attached hydrogen (secondary N) is 1. The van der Waals surface area contributed by atoms with Gasteiger partial charge in [-0.3, -0.25) is 9.89 Å². The highest BCUT2D eigenvalue weighted by Gasteiger charge is 2.31. The number of benzene rings is 1. The SMILES string of the molecule is CC(C)(C)OC(=O)N1CCc2[nH]nc(C(=O)N(CCO)Cc3ccccc3)c2C1. The van der Waals surface area contributed by atoms with E-state index in [-0.39, 0.29) is 31.3 Å². The molecule has 0 aliphatic carbocycles. The van der Waals surface area contributed by atoms with Crippen LogP contribution in [0.2, 0.25) is 0 Å². The molecule has 1 aromatic carbocycles. The predicted octanol–water partition coefficient (Wildman–Crippen LogP) is 2.34. The Morgan fingerprint density at radius 2 is 2.00 bits per heavy atom. The van der Waals surface area contributed by atoms with Crippen LogP contribution in [0.1, 0.15) is 48.1 Å². The van der Waals surface area contributed by atoms with Gasteiger partial charge in [0.25, 0.3) is 5.91 Å². The van der Waals surface area contributed by atoms with Crippen LogP contribution in [0.4, 0.5) is 4.79 Å². The van der Waals surface area contributed by atoms with E-state index in [0.717, 1.165) is 11.3 Å². The number of aromatic amines is 1. The number of rotatable bonds is 5. The molecule has 2 aromatic rings. The molecule has 1 aliphatic rings. The molecular formula is C21H28N4O4. The molecule has 2 N–H and O–H groups in total. The molecule has 0 bridgehead atoms. The number of ether oxygens (including phenoxy) is 1. The van der Waals surface area contributed by atoms with E-state index in [1.807, 2.05) is 51.1 Å². The highest BCUT2D eigenvalue weighted by Crippen LogP contribution is 2.23. The van der Waals surface area contributed by atoms with E-state index in [1.54, 1.807) is 9.80 Å². The molecular weight excluding hydrogens is 372 g/mol. The lowest BCUT2D eigenvalue weighted by molar-refractivity contribution is 0.0222. The van der Waals surface area contributed by atoms with Gasteiger partial charge in [0.05, 0.1) is 13.2 Å². The molecule has 0 fully saturated rings. The van der Waals surface area contributed by atoms with Crippen molar-refractivity contribution in [1.29, 1.82) is 0 Å². The van der Waals surface area contributed by atoms with E-state index in [2.05, 4.69) is 10.2 Å². The summed E-state index contributed by atoms with van der Waals surface area (Å²) in [5.41, 5.74) is 2.24. The van der Waals surface area contributed by atoms with E-state index in [9.17, 15) is 14.7 Å². The average Bonchev–Trinajstić information content (AvgIpc) is 3.10. The first-order chi connectivity index (χ1) is 13.8. The molecule has 8 nitrogen and oxygen atoms in total. The zero-order valence-electron chi connectivity index (χ0n) is 17.1. The van der Waals surface area contributed by atoms with Crippen molar-refractivity contribution < 1.29 is 19.4 Å². The summed E-state index contributed by atoms with van der Waals surface area (Å²) in [6.07, 6.45) is 0.173. The third kappa shape index (κ3) is 5.14. The number of aliphatic hydroxyl groups is 1. The number of hydrogen-bond acceptors (Lipinski definition) is 5. The third-order valence-corrected chi connectivity index (χ3v) is 4.66. The van der Waals surface area contributed by atoms with Crippen LogP contribution in [0.3, 0.4) is 0 Å². The van der Waals surface area contributed by atoms with Crippen LogP contribution in [-0.2, 0) is 24.2 Å². The first kappa shape index (κ1) is 20.9. The Bertz CT molecular complexity index is 857. The van der Waals surface area contributed by atoms with Crippen LogP contribution in [0.15, 0.2) is 30.3 Å². The number of fused-ring (bicyclic) bond motifs is 1. The van der Waals surface area contributed by atoms with E-state index in [1.165, 1.54) is 0 Å². The molecule has 0 unspecified atom stereocenters. The maximum atomic E-state index is 13.2. The zero-order chi connectivity index (χ0) is 21.0. The summed E-state index contributed by atoms with van der Waals surface area (Å²) in [5.74, 6) is -0.272. The molecule has 156 valence electrons. The Kier molecular flexibility index (Phi) is 6.22. The quantitative estimate of drug-likeness (QED) is 0.803. The predicted molar refractivity (Wildman–Crippen MR) is 107 cm³/mol. The minimum Gasteiger partial charge on any atom is -0.444 e. The maximum absolute atomic E-state index is 13.2. The van der Waals surface area contributed by atoms with E-state index in [4.69, 9.17) is 4.74 Å². The normalized spacial score (nSPS) is 13.7. The fraction of sp³-hybridized carbons (Fsp3) is 0.476. The highest BCUT2D eigenvalue weighted by molar-refractivity contribution is 5.94. The van der Waals surface area contributed by atoms with Crippen LogP contribution in [-0.4, -0.2) is 62.4 Å². The van der Waals surface area contributed by atoms with Crippen LogP contribution < -0.4 is 0 Å². The van der Waals surface area contributed by atoms with Gasteiger partial charge < -0.3 is 19.6 Å². The summed E-state index contributed by atoms with van der Waals surface area (Å²) in [4.78, 5) is 28.8. The number of hydrogen-bond donors (Lipinski definition) is 2. The van der Waals surface area contributed by atoms with Gasteiger partial charge in [-0.25, -0.2) is 4.79 Å². The van der Waals surface area contributed by atoms with Crippen molar-refractivity contribution in [2.75, 3.05) is 19.7 Å². The summed E-state index contributed by atoms with van der Waals surface area (Å²) in [6.45, 7) is 6.66. The van der Waals surface area contributed by atoms with Gasteiger partial charge in [-0.1, -0.05) is 30.3 Å². The number of H-pyrrole nitrogens is 1. The second-order valence-electron chi connectivity index (χ2n) is 8.12. The fourth-order valence-electron chi connectivity index (χ4n) is 3.28. The van der Waals surface area contributed by atoms with Gasteiger partial charge in [0.15, 0.2) is 5.69 Å². The first-order valence-corrected chi connectivity index (χ1v) is 9.76. The van der Waals surface area contributed by atoms with Crippen molar-refractivity contribution in [1.82, 2.24) is 20.0 Å². The lowest BCUT2D eigenvalue weighted by Crippen LogP contribution is -2.40. The van der Waals surface area contributed by atoms with Crippen molar-refractivity contribution in [3.05, 3.63) is 52.8 Å². The van der Waals surface area contributed by atoms with Crippen molar-refractivity contribution in [3.8, 4) is 0 Å². The molecule has 0 radical (unpaired) electrons. The Morgan fingerprint density at radius 1 is 1.28 bits per heavy atom. The van der Waals surface area contributed by atoms with Crippen molar-refractivity contribution in [2.45, 2.75) is 45.9 Å². The largest absolute Gasteiger partial charge is 0.444 e. The summed E-state index contributed by atoms with van der Waals surface area (Å²) >= 11 is 0. The smallest absolute Gasteiger partial charge is 0.410 e. The lowest BCUT2D eigenvalue weighted by Gasteiger charge is -2.30. The molecule has 0 saturated carbocycles. The van der Waals surface area contributed by atoms with Gasteiger partial charge in [0, 0.05) is 37.3 Å². The van der Waals surface area contributed by atoms with E-state index in [0.29, 0.717) is 25.1 Å². The summed E-state index contributed by atoms with van der Waals surface area (Å²) in [6, 6.07) is 9.60. The molecule has 3 rings (SSSR count). The van der Waals surface area contributed by atoms with Gasteiger partial charge in [-0.05, 0) is 26.3 Å². The molecule has 2 amide bonds. The molecule has 0 spiro atoms. The Balaban J connectivity index is 1.78. The van der Waals surface area contributed by atoms with Gasteiger partial charge in [0.2, 0.25) is 0 Å². The molecule has 1 aromatic heterocycles. The average molecular weight is 400 g/mol. The maximum Gasteiger partial charge on any atom is 0.410 e. The number of amides is 2. The first-order valence-electron chi connectivity index (χ1n) is 9.76. The number of carbonyl (C=O) groups excluding carboxylic acids is 2. The Hall–Kier alpha value is -2.87. The topological polar surface area (TPSA) is 98.8 Å². The number of nitrogens with zero attached hydrogens (tertiary/aromatic N) is 3. The van der Waals surface area contributed by atoms with Gasteiger partial charge in [-0.15, -0.1) is 0 Å². The second-order valence-corrected chi connectivity index (χ2v) is 8.12. The summed E-state index contributed by atoms with van der Waals surface area (Å²) in [7, 11) is 0. The van der Waals surface area contributed by atoms with Crippen LogP contribution in [0, 0.1) is 0 Å². The molecule has 1 aliphatic heterocycles. The van der Waals surface area contributed by atoms with Crippen molar-refractivity contribution >= 4 is 12.0 Å². The lowest BCUT2D eigenvalue weighted by atomic mass is 10.0. The molecule has 0 saturated heterocycles. The highest BCUT2D eigenvalue weighted by atomic mass is 16.6. The van der Waals surface area contributed by atoms with E-state index >= 15 is 0 Å². The number of aromatic nitrogens is 2. The van der Waals surface area contributed by atoms with Gasteiger partial charge >= 0.3 is 6.09 Å². The molecule has 0 atom stereocenters. The standard InChI is InChI=1S/C21H28N4O4/c1-21(2,3)29-20(28)25-10-9-17-16(14-25)18(23-22-17)19(27)24(11-12-26)13-15-7-5-4-6-8-15/h4-8,26H,9-14H2,1-3H3,(H,22,23). The van der Waals surface area contributed by atoms with Crippen LogP contribution in [0.25, 0.3) is 0 Å². The Morgan fingerprint density at radius 3 is 2.66 bits per heavy atom. The monoisotopic (exact) mass is 400 g/mol. The fourth-order valence-corrected chi connectivity index (χ4v) is 3.28. The van der Waals surface area contributed by atoms with Gasteiger partial charge in [-0.2, -0.15) is 5.10 Å². The van der Waals surface area contributed by atoms with Crippen LogP contribution in [0.5, 0.6) is 0 Å². The number of carbonyl (C=O) groups is 2. The third-order valence-electron chi connectivity index (χ3n) is 4.66. The van der Waals surface area contributed by atoms with Crippen molar-refractivity contribution in [2.24, 2.45) is 0 Å². The van der Waals surface area contributed by atoms with Crippen molar-refractivity contribution in [3.63, 3.8) is 0 Å². The minimum absolute atomic E-state index is 0.144. The van der Waals surface area contributed by atoms with E-state index < -0.39 is 11.7 Å². The second kappa shape index (κ2) is 8.65. The minimum atomic E-state index is -0.583. The molecule has 8 heteroatoms.